The Morgan fingerprint density at radius 2 is 1.62 bits per heavy atom. The minimum absolute atomic E-state index is 0.0552. The van der Waals surface area contributed by atoms with Gasteiger partial charge < -0.3 is 10.4 Å². The standard InChI is InChI=1S/C20H23NO3/c1-2-15-7-9-16(10-8-15)13-14-21-19(22)12-11-17-5-3-4-6-18(17)20(23)24/h3-10H,2,11-14H2,1H3,(H,21,22)(H,23,24). The molecule has 0 radical (unpaired) electrons. The molecule has 0 aliphatic rings. The molecule has 0 aromatic heterocycles. The monoisotopic (exact) mass is 325 g/mol. The normalized spacial score (nSPS) is 10.4. The maximum atomic E-state index is 11.9. The first-order valence-corrected chi connectivity index (χ1v) is 8.26. The third-order valence-electron chi connectivity index (χ3n) is 4.04. The lowest BCUT2D eigenvalue weighted by Gasteiger charge is -2.08. The molecule has 24 heavy (non-hydrogen) atoms. The van der Waals surface area contributed by atoms with E-state index < -0.39 is 5.97 Å². The van der Waals surface area contributed by atoms with E-state index in [0.29, 0.717) is 24.9 Å². The Balaban J connectivity index is 1.76. The molecule has 4 heteroatoms. The van der Waals surface area contributed by atoms with Gasteiger partial charge in [0.05, 0.1) is 5.56 Å². The molecule has 0 unspecified atom stereocenters. The van der Waals surface area contributed by atoms with Crippen molar-refractivity contribution in [1.82, 2.24) is 5.32 Å². The summed E-state index contributed by atoms with van der Waals surface area (Å²) in [7, 11) is 0. The van der Waals surface area contributed by atoms with Crippen LogP contribution >= 0.6 is 0 Å². The third kappa shape index (κ3) is 5.23. The van der Waals surface area contributed by atoms with Gasteiger partial charge in [0.25, 0.3) is 0 Å². The molecule has 0 heterocycles. The van der Waals surface area contributed by atoms with Crippen LogP contribution in [0.5, 0.6) is 0 Å². The Hall–Kier alpha value is -2.62. The number of aryl methyl sites for hydroxylation is 2. The maximum Gasteiger partial charge on any atom is 0.335 e. The van der Waals surface area contributed by atoms with Gasteiger partial charge in [-0.15, -0.1) is 0 Å². The predicted octanol–water partition coefficient (Wildman–Crippen LogP) is 3.24. The fraction of sp³-hybridized carbons (Fsp3) is 0.300. The van der Waals surface area contributed by atoms with Gasteiger partial charge in [-0.3, -0.25) is 4.79 Å². The average molecular weight is 325 g/mol. The lowest BCUT2D eigenvalue weighted by atomic mass is 10.0. The highest BCUT2D eigenvalue weighted by Gasteiger charge is 2.10. The van der Waals surface area contributed by atoms with Crippen LogP contribution in [0.3, 0.4) is 0 Å². The van der Waals surface area contributed by atoms with Crippen LogP contribution in [0.25, 0.3) is 0 Å². The number of aromatic carboxylic acids is 1. The number of amides is 1. The molecule has 126 valence electrons. The largest absolute Gasteiger partial charge is 0.478 e. The summed E-state index contributed by atoms with van der Waals surface area (Å²) in [5.41, 5.74) is 3.46. The summed E-state index contributed by atoms with van der Waals surface area (Å²) in [5, 5.41) is 12.0. The van der Waals surface area contributed by atoms with Crippen molar-refractivity contribution < 1.29 is 14.7 Å². The van der Waals surface area contributed by atoms with Gasteiger partial charge in [-0.1, -0.05) is 49.4 Å². The molecule has 0 atom stereocenters. The van der Waals surface area contributed by atoms with Crippen molar-refractivity contribution in [3.05, 3.63) is 70.8 Å². The van der Waals surface area contributed by atoms with Crippen molar-refractivity contribution in [2.45, 2.75) is 32.6 Å². The number of nitrogens with one attached hydrogen (secondary N) is 1. The van der Waals surface area contributed by atoms with Crippen molar-refractivity contribution >= 4 is 11.9 Å². The van der Waals surface area contributed by atoms with E-state index in [4.69, 9.17) is 5.11 Å². The minimum atomic E-state index is -0.957. The van der Waals surface area contributed by atoms with Crippen LogP contribution in [-0.2, 0) is 24.1 Å². The summed E-state index contributed by atoms with van der Waals surface area (Å²) in [6.45, 7) is 2.71. The van der Waals surface area contributed by atoms with Crippen LogP contribution in [0, 0.1) is 0 Å². The molecule has 0 bridgehead atoms. The first-order chi connectivity index (χ1) is 11.6. The second-order valence-corrected chi connectivity index (χ2v) is 5.73. The number of benzene rings is 2. The summed E-state index contributed by atoms with van der Waals surface area (Å²) in [6.07, 6.45) is 2.54. The Bertz CT molecular complexity index is 692. The number of carbonyl (C=O) groups is 2. The van der Waals surface area contributed by atoms with Crippen molar-refractivity contribution in [2.75, 3.05) is 6.54 Å². The molecule has 2 aromatic rings. The highest BCUT2D eigenvalue weighted by atomic mass is 16.4. The Labute approximate surface area is 142 Å². The van der Waals surface area contributed by atoms with Crippen molar-refractivity contribution in [3.8, 4) is 0 Å². The number of carboxylic acids is 1. The Morgan fingerprint density at radius 1 is 0.958 bits per heavy atom. The van der Waals surface area contributed by atoms with E-state index in [1.807, 2.05) is 0 Å². The van der Waals surface area contributed by atoms with Crippen LogP contribution in [0.1, 0.15) is 40.4 Å². The van der Waals surface area contributed by atoms with Gasteiger partial charge in [0, 0.05) is 13.0 Å². The van der Waals surface area contributed by atoms with E-state index in [9.17, 15) is 9.59 Å². The topological polar surface area (TPSA) is 66.4 Å². The third-order valence-corrected chi connectivity index (χ3v) is 4.04. The van der Waals surface area contributed by atoms with Crippen LogP contribution in [0.15, 0.2) is 48.5 Å². The summed E-state index contributed by atoms with van der Waals surface area (Å²) in [5.74, 6) is -1.01. The summed E-state index contributed by atoms with van der Waals surface area (Å²) >= 11 is 0. The first-order valence-electron chi connectivity index (χ1n) is 8.26. The molecular weight excluding hydrogens is 302 g/mol. The van der Waals surface area contributed by atoms with Gasteiger partial charge in [-0.25, -0.2) is 4.79 Å². The molecule has 2 aromatic carbocycles. The van der Waals surface area contributed by atoms with Gasteiger partial charge in [0.1, 0.15) is 0 Å². The van der Waals surface area contributed by atoms with E-state index in [-0.39, 0.29) is 11.5 Å². The van der Waals surface area contributed by atoms with Gasteiger partial charge in [-0.05, 0) is 42.0 Å². The van der Waals surface area contributed by atoms with E-state index >= 15 is 0 Å². The minimum Gasteiger partial charge on any atom is -0.478 e. The molecule has 0 saturated carbocycles. The highest BCUT2D eigenvalue weighted by molar-refractivity contribution is 5.89. The predicted molar refractivity (Wildman–Crippen MR) is 94.3 cm³/mol. The molecular formula is C20H23NO3. The SMILES string of the molecule is CCc1ccc(CCNC(=O)CCc2ccccc2C(=O)O)cc1. The first kappa shape index (κ1) is 17.7. The zero-order valence-corrected chi connectivity index (χ0v) is 13.9. The van der Waals surface area contributed by atoms with Crippen LogP contribution in [0.2, 0.25) is 0 Å². The molecule has 2 rings (SSSR count). The van der Waals surface area contributed by atoms with E-state index in [0.717, 1.165) is 12.8 Å². The molecule has 2 N–H and O–H groups in total. The van der Waals surface area contributed by atoms with Crippen LogP contribution < -0.4 is 5.32 Å². The molecule has 0 saturated heterocycles. The fourth-order valence-electron chi connectivity index (χ4n) is 2.57. The number of carboxylic acid groups (broad SMARTS) is 1. The smallest absolute Gasteiger partial charge is 0.335 e. The van der Waals surface area contributed by atoms with Crippen LogP contribution in [0.4, 0.5) is 0 Å². The Morgan fingerprint density at radius 3 is 2.29 bits per heavy atom. The second-order valence-electron chi connectivity index (χ2n) is 5.73. The molecule has 0 aliphatic heterocycles. The number of carbonyl (C=O) groups excluding carboxylic acids is 1. The van der Waals surface area contributed by atoms with Gasteiger partial charge in [-0.2, -0.15) is 0 Å². The molecule has 4 nitrogen and oxygen atoms in total. The molecule has 1 amide bonds. The van der Waals surface area contributed by atoms with Gasteiger partial charge in [0.2, 0.25) is 5.91 Å². The number of hydrogen-bond acceptors (Lipinski definition) is 2. The Kier molecular flexibility index (Phi) is 6.55. The van der Waals surface area contributed by atoms with Crippen molar-refractivity contribution in [2.24, 2.45) is 0 Å². The lowest BCUT2D eigenvalue weighted by molar-refractivity contribution is -0.121. The summed E-state index contributed by atoms with van der Waals surface area (Å²) in [4.78, 5) is 23.1. The van der Waals surface area contributed by atoms with E-state index in [2.05, 4.69) is 36.5 Å². The van der Waals surface area contributed by atoms with Gasteiger partial charge >= 0.3 is 5.97 Å². The molecule has 0 aliphatic carbocycles. The zero-order valence-electron chi connectivity index (χ0n) is 13.9. The second kappa shape index (κ2) is 8.87. The van der Waals surface area contributed by atoms with E-state index in [1.54, 1.807) is 24.3 Å². The van der Waals surface area contributed by atoms with Crippen LogP contribution in [-0.4, -0.2) is 23.5 Å². The van der Waals surface area contributed by atoms with Crippen molar-refractivity contribution in [1.29, 1.82) is 0 Å². The van der Waals surface area contributed by atoms with Crippen molar-refractivity contribution in [3.63, 3.8) is 0 Å². The quantitative estimate of drug-likeness (QED) is 0.783. The van der Waals surface area contributed by atoms with E-state index in [1.165, 1.54) is 11.1 Å². The zero-order chi connectivity index (χ0) is 17.4. The highest BCUT2D eigenvalue weighted by Crippen LogP contribution is 2.11. The molecule has 0 spiro atoms. The average Bonchev–Trinajstić information content (AvgIpc) is 2.60. The summed E-state index contributed by atoms with van der Waals surface area (Å²) in [6, 6.07) is 15.2. The summed E-state index contributed by atoms with van der Waals surface area (Å²) < 4.78 is 0. The fourth-order valence-corrected chi connectivity index (χ4v) is 2.57. The van der Waals surface area contributed by atoms with Gasteiger partial charge in [0.15, 0.2) is 0 Å². The molecule has 0 fully saturated rings. The maximum absolute atomic E-state index is 11.9. The number of rotatable bonds is 8. The number of hydrogen-bond donors (Lipinski definition) is 2. The lowest BCUT2D eigenvalue weighted by Crippen LogP contribution is -2.26.